The van der Waals surface area contributed by atoms with Gasteiger partial charge in [-0.2, -0.15) is 5.10 Å². The van der Waals surface area contributed by atoms with Crippen LogP contribution in [0, 0.1) is 12.8 Å². The standard InChI is InChI=1S/C22H26N4O2/c1-3-10-26-15(2)19(12-24-26)22(27)25-21-14-28-13-17(21)11-16-8-9-23-20-7-5-4-6-18(16)20/h4-9,12,17,21H,3,10-11,13-14H2,1-2H3,(H,25,27). The Morgan fingerprint density at radius 3 is 3.00 bits per heavy atom. The Morgan fingerprint density at radius 2 is 2.14 bits per heavy atom. The fourth-order valence-electron chi connectivity index (χ4n) is 3.93. The number of nitrogens with one attached hydrogen (secondary N) is 1. The van der Waals surface area contributed by atoms with E-state index in [9.17, 15) is 4.79 Å². The van der Waals surface area contributed by atoms with Crippen LogP contribution in [0.4, 0.5) is 0 Å². The molecule has 4 rings (SSSR count). The molecule has 146 valence electrons. The van der Waals surface area contributed by atoms with E-state index in [0.717, 1.165) is 30.6 Å². The smallest absolute Gasteiger partial charge is 0.255 e. The number of carbonyl (C=O) groups excluding carboxylic acids is 1. The fraction of sp³-hybridized carbons (Fsp3) is 0.409. The number of hydrogen-bond acceptors (Lipinski definition) is 4. The van der Waals surface area contributed by atoms with Crippen LogP contribution in [0.25, 0.3) is 10.9 Å². The molecule has 0 aliphatic carbocycles. The number of aromatic nitrogens is 3. The molecule has 0 bridgehead atoms. The highest BCUT2D eigenvalue weighted by molar-refractivity contribution is 5.95. The van der Waals surface area contributed by atoms with E-state index in [2.05, 4.69) is 34.5 Å². The summed E-state index contributed by atoms with van der Waals surface area (Å²) in [7, 11) is 0. The first-order chi connectivity index (χ1) is 13.7. The summed E-state index contributed by atoms with van der Waals surface area (Å²) in [6.45, 7) is 6.06. The normalized spacial score (nSPS) is 19.2. The zero-order valence-corrected chi connectivity index (χ0v) is 16.4. The number of para-hydroxylation sites is 1. The first-order valence-electron chi connectivity index (χ1n) is 9.91. The molecule has 1 aromatic carbocycles. The number of carbonyl (C=O) groups is 1. The molecule has 0 radical (unpaired) electrons. The van der Waals surface area contributed by atoms with Crippen molar-refractivity contribution in [1.29, 1.82) is 0 Å². The van der Waals surface area contributed by atoms with Crippen molar-refractivity contribution in [2.24, 2.45) is 5.92 Å². The number of hydrogen-bond donors (Lipinski definition) is 1. The van der Waals surface area contributed by atoms with Crippen LogP contribution >= 0.6 is 0 Å². The van der Waals surface area contributed by atoms with Gasteiger partial charge >= 0.3 is 0 Å². The van der Waals surface area contributed by atoms with Crippen LogP contribution in [0.3, 0.4) is 0 Å². The lowest BCUT2D eigenvalue weighted by atomic mass is 9.93. The maximum absolute atomic E-state index is 12.8. The minimum absolute atomic E-state index is 0.00615. The van der Waals surface area contributed by atoms with Crippen molar-refractivity contribution in [2.75, 3.05) is 13.2 Å². The molecule has 1 saturated heterocycles. The molecule has 6 heteroatoms. The van der Waals surface area contributed by atoms with E-state index in [4.69, 9.17) is 4.74 Å². The Bertz CT molecular complexity index is 976. The summed E-state index contributed by atoms with van der Waals surface area (Å²) >= 11 is 0. The first kappa shape index (κ1) is 18.6. The predicted molar refractivity (Wildman–Crippen MR) is 108 cm³/mol. The highest BCUT2D eigenvalue weighted by Gasteiger charge is 2.31. The van der Waals surface area contributed by atoms with Gasteiger partial charge in [-0.05, 0) is 37.5 Å². The second kappa shape index (κ2) is 8.10. The Kier molecular flexibility index (Phi) is 5.39. The van der Waals surface area contributed by atoms with Crippen molar-refractivity contribution in [3.8, 4) is 0 Å². The number of pyridine rings is 1. The van der Waals surface area contributed by atoms with Gasteiger partial charge in [-0.3, -0.25) is 14.5 Å². The molecule has 1 N–H and O–H groups in total. The number of fused-ring (bicyclic) bond motifs is 1. The third kappa shape index (κ3) is 3.64. The molecule has 2 atom stereocenters. The van der Waals surface area contributed by atoms with Crippen LogP contribution in [0.1, 0.15) is 35.0 Å². The summed E-state index contributed by atoms with van der Waals surface area (Å²) in [5.41, 5.74) is 3.80. The molecule has 2 aromatic heterocycles. The Balaban J connectivity index is 1.48. The lowest BCUT2D eigenvalue weighted by molar-refractivity contribution is 0.0924. The van der Waals surface area contributed by atoms with Crippen LogP contribution in [-0.2, 0) is 17.7 Å². The zero-order valence-electron chi connectivity index (χ0n) is 16.4. The van der Waals surface area contributed by atoms with Crippen LogP contribution in [0.5, 0.6) is 0 Å². The molecule has 1 fully saturated rings. The van der Waals surface area contributed by atoms with Gasteiger partial charge in [0.1, 0.15) is 0 Å². The van der Waals surface area contributed by atoms with Crippen molar-refractivity contribution >= 4 is 16.8 Å². The molecular formula is C22H26N4O2. The number of amides is 1. The van der Waals surface area contributed by atoms with E-state index in [1.165, 1.54) is 10.9 Å². The third-order valence-electron chi connectivity index (χ3n) is 5.52. The summed E-state index contributed by atoms with van der Waals surface area (Å²) in [4.78, 5) is 17.3. The summed E-state index contributed by atoms with van der Waals surface area (Å²) in [6.07, 6.45) is 5.36. The highest BCUT2D eigenvalue weighted by Crippen LogP contribution is 2.24. The molecule has 3 heterocycles. The monoisotopic (exact) mass is 378 g/mol. The number of aryl methyl sites for hydroxylation is 1. The maximum atomic E-state index is 12.8. The van der Waals surface area contributed by atoms with E-state index in [0.29, 0.717) is 18.8 Å². The van der Waals surface area contributed by atoms with E-state index in [-0.39, 0.29) is 17.9 Å². The van der Waals surface area contributed by atoms with Crippen molar-refractivity contribution in [1.82, 2.24) is 20.1 Å². The van der Waals surface area contributed by atoms with Crippen molar-refractivity contribution in [2.45, 2.75) is 39.3 Å². The molecular weight excluding hydrogens is 352 g/mol. The van der Waals surface area contributed by atoms with Gasteiger partial charge in [0.05, 0.1) is 36.5 Å². The molecule has 0 saturated carbocycles. The average Bonchev–Trinajstić information content (AvgIpc) is 3.29. The third-order valence-corrected chi connectivity index (χ3v) is 5.52. The minimum atomic E-state index is -0.0695. The van der Waals surface area contributed by atoms with E-state index >= 15 is 0 Å². The second-order valence-corrected chi connectivity index (χ2v) is 7.44. The molecule has 2 unspecified atom stereocenters. The topological polar surface area (TPSA) is 69.0 Å². The van der Waals surface area contributed by atoms with Crippen molar-refractivity contribution in [3.05, 3.63) is 59.5 Å². The van der Waals surface area contributed by atoms with Gasteiger partial charge in [0, 0.05) is 29.7 Å². The second-order valence-electron chi connectivity index (χ2n) is 7.44. The van der Waals surface area contributed by atoms with E-state index in [1.54, 1.807) is 6.20 Å². The Morgan fingerprint density at radius 1 is 1.29 bits per heavy atom. The van der Waals surface area contributed by atoms with Crippen molar-refractivity contribution < 1.29 is 9.53 Å². The lowest BCUT2D eigenvalue weighted by Gasteiger charge is -2.20. The number of benzene rings is 1. The van der Waals surface area contributed by atoms with Crippen LogP contribution in [0.2, 0.25) is 0 Å². The summed E-state index contributed by atoms with van der Waals surface area (Å²) in [6, 6.07) is 10.2. The van der Waals surface area contributed by atoms with Gasteiger partial charge in [0.25, 0.3) is 5.91 Å². The van der Waals surface area contributed by atoms with Gasteiger partial charge in [0.15, 0.2) is 0 Å². The first-order valence-corrected chi connectivity index (χ1v) is 9.91. The summed E-state index contributed by atoms with van der Waals surface area (Å²) in [5.74, 6) is 0.167. The van der Waals surface area contributed by atoms with Gasteiger partial charge in [-0.1, -0.05) is 25.1 Å². The number of ether oxygens (including phenoxy) is 1. The van der Waals surface area contributed by atoms with E-state index in [1.807, 2.05) is 36.0 Å². The Labute approximate surface area is 164 Å². The maximum Gasteiger partial charge on any atom is 0.255 e. The largest absolute Gasteiger partial charge is 0.379 e. The number of nitrogens with zero attached hydrogens (tertiary/aromatic N) is 3. The van der Waals surface area contributed by atoms with Crippen molar-refractivity contribution in [3.63, 3.8) is 0 Å². The Hall–Kier alpha value is -2.73. The van der Waals surface area contributed by atoms with Gasteiger partial charge in [0.2, 0.25) is 0 Å². The quantitative estimate of drug-likeness (QED) is 0.715. The molecule has 28 heavy (non-hydrogen) atoms. The van der Waals surface area contributed by atoms with Crippen LogP contribution < -0.4 is 5.32 Å². The molecule has 1 aliphatic rings. The SMILES string of the molecule is CCCn1ncc(C(=O)NC2COCC2Cc2ccnc3ccccc23)c1C. The summed E-state index contributed by atoms with van der Waals surface area (Å²) in [5, 5.41) is 8.68. The predicted octanol–water partition coefficient (Wildman–Crippen LogP) is 3.14. The number of rotatable bonds is 6. The lowest BCUT2D eigenvalue weighted by Crippen LogP contribution is -2.40. The highest BCUT2D eigenvalue weighted by atomic mass is 16.5. The van der Waals surface area contributed by atoms with Crippen LogP contribution in [0.15, 0.2) is 42.7 Å². The summed E-state index contributed by atoms with van der Waals surface area (Å²) < 4.78 is 7.60. The van der Waals surface area contributed by atoms with Gasteiger partial charge in [-0.25, -0.2) is 0 Å². The molecule has 3 aromatic rings. The fourth-order valence-corrected chi connectivity index (χ4v) is 3.93. The molecule has 1 amide bonds. The molecule has 6 nitrogen and oxygen atoms in total. The van der Waals surface area contributed by atoms with Gasteiger partial charge in [-0.15, -0.1) is 0 Å². The van der Waals surface area contributed by atoms with Crippen LogP contribution in [-0.4, -0.2) is 39.9 Å². The van der Waals surface area contributed by atoms with Gasteiger partial charge < -0.3 is 10.1 Å². The van der Waals surface area contributed by atoms with E-state index < -0.39 is 0 Å². The minimum Gasteiger partial charge on any atom is -0.379 e. The zero-order chi connectivity index (χ0) is 19.5. The average molecular weight is 378 g/mol. The molecule has 0 spiro atoms. The molecule has 1 aliphatic heterocycles.